The Balaban J connectivity index is 1.09. The molecule has 16 heteroatoms. The van der Waals surface area contributed by atoms with E-state index < -0.39 is 24.3 Å². The van der Waals surface area contributed by atoms with Gasteiger partial charge >= 0.3 is 12.2 Å². The van der Waals surface area contributed by atoms with E-state index in [4.69, 9.17) is 19.4 Å². The average molecular weight is 819 g/mol. The summed E-state index contributed by atoms with van der Waals surface area (Å²) in [6, 6.07) is 16.5. The lowest BCUT2D eigenvalue weighted by atomic mass is 10.0. The molecule has 2 aromatic carbocycles. The molecule has 7 rings (SSSR count). The summed E-state index contributed by atoms with van der Waals surface area (Å²) in [6.45, 7) is 8.74. The summed E-state index contributed by atoms with van der Waals surface area (Å²) in [4.78, 5) is 72.0. The molecule has 4 amide bonds. The maximum absolute atomic E-state index is 13.9. The van der Waals surface area contributed by atoms with E-state index in [-0.39, 0.29) is 35.7 Å². The number of nitrogens with zero attached hydrogens (tertiary/aromatic N) is 6. The molecule has 316 valence electrons. The van der Waals surface area contributed by atoms with Gasteiger partial charge in [-0.05, 0) is 60.3 Å². The van der Waals surface area contributed by atoms with Crippen LogP contribution in [0.4, 0.5) is 9.59 Å². The minimum atomic E-state index is -0.732. The van der Waals surface area contributed by atoms with Crippen LogP contribution in [-0.4, -0.2) is 103 Å². The molecule has 3 aromatic heterocycles. The number of carbonyl (C=O) groups excluding carboxylic acids is 4. The van der Waals surface area contributed by atoms with E-state index in [2.05, 4.69) is 62.1 Å². The molecular formula is C44H54N10O6. The first-order valence-corrected chi connectivity index (χ1v) is 20.5. The van der Waals surface area contributed by atoms with Gasteiger partial charge in [0.15, 0.2) is 0 Å². The van der Waals surface area contributed by atoms with Gasteiger partial charge in [-0.2, -0.15) is 5.10 Å². The van der Waals surface area contributed by atoms with Crippen LogP contribution in [0.1, 0.15) is 77.1 Å². The van der Waals surface area contributed by atoms with Crippen molar-refractivity contribution in [1.82, 2.24) is 50.1 Å². The molecule has 0 saturated carbocycles. The van der Waals surface area contributed by atoms with E-state index in [0.29, 0.717) is 24.7 Å². The highest BCUT2D eigenvalue weighted by molar-refractivity contribution is 5.87. The van der Waals surface area contributed by atoms with Crippen LogP contribution in [0.2, 0.25) is 0 Å². The Hall–Kier alpha value is -6.45. The number of methoxy groups -OCH3 is 2. The van der Waals surface area contributed by atoms with Crippen molar-refractivity contribution in [3.63, 3.8) is 0 Å². The number of aryl methyl sites for hydroxylation is 1. The minimum Gasteiger partial charge on any atom is -0.453 e. The van der Waals surface area contributed by atoms with Crippen molar-refractivity contribution in [3.05, 3.63) is 78.6 Å². The Bertz CT molecular complexity index is 2310. The van der Waals surface area contributed by atoms with Crippen molar-refractivity contribution in [1.29, 1.82) is 0 Å². The molecule has 2 fully saturated rings. The second kappa shape index (κ2) is 17.8. The topological polar surface area (TPSA) is 192 Å². The molecule has 0 aliphatic carbocycles. The van der Waals surface area contributed by atoms with Gasteiger partial charge in [0.2, 0.25) is 11.8 Å². The standard InChI is InChI=1S/C44H54N10O6/c1-25(2)35(50-43(57)59-6)41(55)53-22-8-10-33(53)39-45-24-31(47-39)29-16-12-27(13-17-29)28-14-18-30(19-15-28)37-38(32-20-21-46-52(32)5)49-40(48-37)34-11-9-23-54(34)42(56)36(26(3)4)51-44(58)60-7/h12-21,24-26,33-36H,8-11,22-23H2,1-7H3,(H,45,47)(H,48,49)(H,50,57)(H,51,58)/t33-,34-,35-,36-/m0/s1. The summed E-state index contributed by atoms with van der Waals surface area (Å²) < 4.78 is 11.4. The summed E-state index contributed by atoms with van der Waals surface area (Å²) in [5.74, 6) is 0.822. The minimum absolute atomic E-state index is 0.114. The molecule has 5 aromatic rings. The van der Waals surface area contributed by atoms with Crippen molar-refractivity contribution < 1.29 is 28.7 Å². The lowest BCUT2D eigenvalue weighted by molar-refractivity contribution is -0.136. The fourth-order valence-electron chi connectivity index (χ4n) is 8.26. The molecule has 2 saturated heterocycles. The van der Waals surface area contributed by atoms with E-state index in [9.17, 15) is 19.2 Å². The highest BCUT2D eigenvalue weighted by atomic mass is 16.5. The highest BCUT2D eigenvalue weighted by Crippen LogP contribution is 2.38. The zero-order valence-corrected chi connectivity index (χ0v) is 35.2. The van der Waals surface area contributed by atoms with E-state index in [1.807, 2.05) is 57.8 Å². The zero-order chi connectivity index (χ0) is 42.7. The zero-order valence-electron chi connectivity index (χ0n) is 35.2. The number of aromatic nitrogens is 6. The molecular weight excluding hydrogens is 765 g/mol. The third-order valence-electron chi connectivity index (χ3n) is 11.6. The van der Waals surface area contributed by atoms with Crippen molar-refractivity contribution in [2.75, 3.05) is 27.3 Å². The number of likely N-dealkylation sites (tertiary alicyclic amines) is 2. The number of rotatable bonds is 12. The summed E-state index contributed by atoms with van der Waals surface area (Å²) in [6.07, 6.45) is 5.42. The Morgan fingerprint density at radius 2 is 1.20 bits per heavy atom. The van der Waals surface area contributed by atoms with Gasteiger partial charge in [-0.25, -0.2) is 19.6 Å². The fraction of sp³-hybridized carbons (Fsp3) is 0.432. The van der Waals surface area contributed by atoms with Crippen molar-refractivity contribution in [2.24, 2.45) is 18.9 Å². The third-order valence-corrected chi connectivity index (χ3v) is 11.6. The molecule has 5 heterocycles. The predicted octanol–water partition coefficient (Wildman–Crippen LogP) is 6.62. The molecule has 60 heavy (non-hydrogen) atoms. The Kier molecular flexibility index (Phi) is 12.4. The van der Waals surface area contributed by atoms with Gasteiger partial charge in [0.25, 0.3) is 0 Å². The number of amides is 4. The second-order valence-corrected chi connectivity index (χ2v) is 16.1. The van der Waals surface area contributed by atoms with Gasteiger partial charge in [-0.3, -0.25) is 14.3 Å². The number of nitrogens with one attached hydrogen (secondary N) is 4. The summed E-state index contributed by atoms with van der Waals surface area (Å²) in [5.41, 5.74) is 7.19. The van der Waals surface area contributed by atoms with Gasteiger partial charge < -0.3 is 39.9 Å². The molecule has 0 radical (unpaired) electrons. The maximum atomic E-state index is 13.9. The first-order chi connectivity index (χ1) is 28.9. The fourth-order valence-corrected chi connectivity index (χ4v) is 8.26. The summed E-state index contributed by atoms with van der Waals surface area (Å²) in [5, 5.41) is 9.82. The summed E-state index contributed by atoms with van der Waals surface area (Å²) >= 11 is 0. The van der Waals surface area contributed by atoms with Crippen LogP contribution < -0.4 is 10.6 Å². The predicted molar refractivity (Wildman–Crippen MR) is 225 cm³/mol. The molecule has 4 N–H and O–H groups in total. The Morgan fingerprint density at radius 1 is 0.700 bits per heavy atom. The van der Waals surface area contributed by atoms with Crippen molar-refractivity contribution >= 4 is 24.0 Å². The summed E-state index contributed by atoms with van der Waals surface area (Å²) in [7, 11) is 4.45. The van der Waals surface area contributed by atoms with Crippen LogP contribution in [0.3, 0.4) is 0 Å². The van der Waals surface area contributed by atoms with Crippen LogP contribution in [0.25, 0.3) is 45.0 Å². The lowest BCUT2D eigenvalue weighted by Crippen LogP contribution is -2.51. The normalized spacial score (nSPS) is 17.6. The van der Waals surface area contributed by atoms with Crippen molar-refractivity contribution in [2.45, 2.75) is 77.5 Å². The Morgan fingerprint density at radius 3 is 1.68 bits per heavy atom. The first kappa shape index (κ1) is 41.7. The largest absolute Gasteiger partial charge is 0.453 e. The maximum Gasteiger partial charge on any atom is 0.407 e. The van der Waals surface area contributed by atoms with Gasteiger partial charge in [0.1, 0.15) is 29.4 Å². The monoisotopic (exact) mass is 818 g/mol. The van der Waals surface area contributed by atoms with Crippen LogP contribution in [0.5, 0.6) is 0 Å². The van der Waals surface area contributed by atoms with Crippen molar-refractivity contribution in [3.8, 4) is 45.0 Å². The second-order valence-electron chi connectivity index (χ2n) is 16.1. The smallest absolute Gasteiger partial charge is 0.407 e. The quantitative estimate of drug-likeness (QED) is 0.107. The van der Waals surface area contributed by atoms with Crippen LogP contribution in [-0.2, 0) is 26.1 Å². The number of ether oxygens (including phenoxy) is 2. The number of carbonyl (C=O) groups is 4. The van der Waals surface area contributed by atoms with Gasteiger partial charge in [-0.15, -0.1) is 0 Å². The number of benzene rings is 2. The van der Waals surface area contributed by atoms with Crippen LogP contribution in [0, 0.1) is 11.8 Å². The average Bonchev–Trinajstić information content (AvgIpc) is 4.11. The molecule has 0 bridgehead atoms. The molecule has 0 unspecified atom stereocenters. The van der Waals surface area contributed by atoms with E-state index >= 15 is 0 Å². The molecule has 4 atom stereocenters. The number of hydrogen-bond acceptors (Lipinski definition) is 9. The van der Waals surface area contributed by atoms with Gasteiger partial charge in [0.05, 0.1) is 49.6 Å². The van der Waals surface area contributed by atoms with E-state index in [0.717, 1.165) is 70.7 Å². The molecule has 2 aliphatic rings. The van der Waals surface area contributed by atoms with Crippen LogP contribution >= 0.6 is 0 Å². The van der Waals surface area contributed by atoms with Gasteiger partial charge in [0, 0.05) is 31.9 Å². The number of hydrogen-bond donors (Lipinski definition) is 4. The number of aromatic amines is 2. The van der Waals surface area contributed by atoms with Crippen LogP contribution in [0.15, 0.2) is 67.0 Å². The highest BCUT2D eigenvalue weighted by Gasteiger charge is 2.39. The number of H-pyrrole nitrogens is 2. The van der Waals surface area contributed by atoms with E-state index in [1.165, 1.54) is 14.2 Å². The molecule has 0 spiro atoms. The van der Waals surface area contributed by atoms with E-state index in [1.54, 1.807) is 22.0 Å². The SMILES string of the molecule is COC(=O)N[C@H](C(=O)N1CCC[C@H]1c1ncc(-c2ccc(-c3ccc(-c4[nH]c([C@@H]5CCCN5C(=O)[C@@H](NC(=O)OC)C(C)C)nc4-c4ccnn4C)cc3)cc2)[nH]1)C(C)C. The molecule has 2 aliphatic heterocycles. The number of alkyl carbamates (subject to hydrolysis) is 2. The van der Waals surface area contributed by atoms with Gasteiger partial charge in [-0.1, -0.05) is 76.2 Å². The Labute approximate surface area is 349 Å². The lowest BCUT2D eigenvalue weighted by Gasteiger charge is -2.30. The third kappa shape index (κ3) is 8.49. The molecule has 16 nitrogen and oxygen atoms in total. The first-order valence-electron chi connectivity index (χ1n) is 20.5. The number of imidazole rings is 2.